The number of aliphatic hydroxyl groups is 1. The summed E-state index contributed by atoms with van der Waals surface area (Å²) in [4.78, 5) is 24.2. The third-order valence-electron chi connectivity index (χ3n) is 5.23. The van der Waals surface area contributed by atoms with E-state index in [1.807, 2.05) is 6.92 Å². The number of alkyl halides is 2. The van der Waals surface area contributed by atoms with Crippen molar-refractivity contribution < 1.29 is 28.6 Å². The zero-order valence-electron chi connectivity index (χ0n) is 16.9. The molecule has 1 rings (SSSR count). The second-order valence-electron chi connectivity index (χ2n) is 7.65. The minimum Gasteiger partial charge on any atom is -0.481 e. The van der Waals surface area contributed by atoms with Gasteiger partial charge in [-0.15, -0.1) is 0 Å². The van der Waals surface area contributed by atoms with Crippen molar-refractivity contribution in [2.45, 2.75) is 102 Å². The van der Waals surface area contributed by atoms with Crippen molar-refractivity contribution in [1.29, 1.82) is 0 Å². The first kappa shape index (κ1) is 24.5. The van der Waals surface area contributed by atoms with Gasteiger partial charge in [0.1, 0.15) is 6.10 Å². The molecule has 1 saturated heterocycles. The zero-order chi connectivity index (χ0) is 21.0. The third-order valence-corrected chi connectivity index (χ3v) is 5.23. The van der Waals surface area contributed by atoms with Crippen molar-refractivity contribution in [3.63, 3.8) is 0 Å². The second kappa shape index (κ2) is 12.9. The molecule has 7 heteroatoms. The maximum Gasteiger partial charge on any atom is 0.303 e. The Morgan fingerprint density at radius 3 is 2.57 bits per heavy atom. The number of halogens is 2. The maximum atomic E-state index is 14.0. The molecule has 2 N–H and O–H groups in total. The van der Waals surface area contributed by atoms with Crippen LogP contribution in [0.2, 0.25) is 0 Å². The van der Waals surface area contributed by atoms with Crippen LogP contribution in [0.25, 0.3) is 0 Å². The van der Waals surface area contributed by atoms with E-state index in [0.717, 1.165) is 44.6 Å². The predicted octanol–water partition coefficient (Wildman–Crippen LogP) is 4.54. The fourth-order valence-electron chi connectivity index (χ4n) is 3.47. The number of aliphatic hydroxyl groups excluding tert-OH is 1. The highest BCUT2D eigenvalue weighted by Gasteiger charge is 2.36. The Hall–Kier alpha value is -1.50. The van der Waals surface area contributed by atoms with E-state index < -0.39 is 18.0 Å². The second-order valence-corrected chi connectivity index (χ2v) is 7.65. The van der Waals surface area contributed by atoms with Crippen molar-refractivity contribution >= 4 is 11.9 Å². The van der Waals surface area contributed by atoms with Crippen LogP contribution in [-0.2, 0) is 9.59 Å². The molecule has 1 aliphatic rings. The molecule has 0 saturated carbocycles. The van der Waals surface area contributed by atoms with E-state index >= 15 is 0 Å². The molecule has 0 radical (unpaired) electrons. The lowest BCUT2D eigenvalue weighted by atomic mass is 10.0. The number of likely N-dealkylation sites (tertiary alicyclic amines) is 1. The van der Waals surface area contributed by atoms with E-state index in [9.17, 15) is 23.5 Å². The van der Waals surface area contributed by atoms with Gasteiger partial charge in [-0.3, -0.25) is 9.59 Å². The summed E-state index contributed by atoms with van der Waals surface area (Å²) < 4.78 is 28.1. The number of carboxylic acid groups (broad SMARTS) is 1. The molecule has 1 fully saturated rings. The average molecular weight is 404 g/mol. The molecule has 0 spiro atoms. The Morgan fingerprint density at radius 1 is 1.21 bits per heavy atom. The van der Waals surface area contributed by atoms with Crippen LogP contribution in [-0.4, -0.2) is 51.6 Å². The van der Waals surface area contributed by atoms with E-state index in [1.165, 1.54) is 0 Å². The molecule has 2 unspecified atom stereocenters. The van der Waals surface area contributed by atoms with Gasteiger partial charge in [-0.05, 0) is 25.7 Å². The summed E-state index contributed by atoms with van der Waals surface area (Å²) in [5, 5.41) is 18.5. The van der Waals surface area contributed by atoms with Crippen LogP contribution in [0.3, 0.4) is 0 Å². The summed E-state index contributed by atoms with van der Waals surface area (Å²) in [5.41, 5.74) is 0. The summed E-state index contributed by atoms with van der Waals surface area (Å²) >= 11 is 0. The van der Waals surface area contributed by atoms with Crippen LogP contribution < -0.4 is 0 Å². The largest absolute Gasteiger partial charge is 0.481 e. The SMILES string of the molecule is CCCCCCC(F)(F)C(O)C=CC1CCC(=O)N1CCCCCCC(=O)O. The molecule has 0 aromatic carbocycles. The van der Waals surface area contributed by atoms with Crippen molar-refractivity contribution in [3.05, 3.63) is 12.2 Å². The Balaban J connectivity index is 2.42. The number of carbonyl (C=O) groups is 2. The highest BCUT2D eigenvalue weighted by atomic mass is 19.3. The molecule has 28 heavy (non-hydrogen) atoms. The monoisotopic (exact) mass is 403 g/mol. The molecular formula is C21H35F2NO4. The number of carboxylic acids is 1. The molecule has 0 aliphatic carbocycles. The van der Waals surface area contributed by atoms with Gasteiger partial charge in [0.25, 0.3) is 5.92 Å². The molecule has 1 amide bonds. The Morgan fingerprint density at radius 2 is 1.89 bits per heavy atom. The van der Waals surface area contributed by atoms with Crippen LogP contribution in [0.15, 0.2) is 12.2 Å². The first-order valence-electron chi connectivity index (χ1n) is 10.5. The predicted molar refractivity (Wildman–Crippen MR) is 104 cm³/mol. The van der Waals surface area contributed by atoms with E-state index in [2.05, 4.69) is 0 Å². The third kappa shape index (κ3) is 9.13. The number of carbonyl (C=O) groups excluding carboxylic acids is 1. The number of unbranched alkanes of at least 4 members (excludes halogenated alkanes) is 6. The molecule has 1 heterocycles. The van der Waals surface area contributed by atoms with Crippen LogP contribution in [0.1, 0.15) is 84.0 Å². The molecule has 0 aromatic heterocycles. The molecular weight excluding hydrogens is 368 g/mol. The van der Waals surface area contributed by atoms with E-state index in [1.54, 1.807) is 11.0 Å². The number of amides is 1. The first-order chi connectivity index (χ1) is 13.3. The van der Waals surface area contributed by atoms with Gasteiger partial charge >= 0.3 is 5.97 Å². The lowest BCUT2D eigenvalue weighted by Crippen LogP contribution is -2.34. The van der Waals surface area contributed by atoms with Crippen molar-refractivity contribution in [2.24, 2.45) is 0 Å². The Bertz CT molecular complexity index is 511. The van der Waals surface area contributed by atoms with Crippen molar-refractivity contribution in [1.82, 2.24) is 4.90 Å². The molecule has 5 nitrogen and oxygen atoms in total. The first-order valence-corrected chi connectivity index (χ1v) is 10.5. The molecule has 162 valence electrons. The quantitative estimate of drug-likeness (QED) is 0.311. The summed E-state index contributed by atoms with van der Waals surface area (Å²) in [5.74, 6) is -3.95. The fraction of sp³-hybridized carbons (Fsp3) is 0.810. The van der Waals surface area contributed by atoms with Crippen molar-refractivity contribution in [3.8, 4) is 0 Å². The zero-order valence-corrected chi connectivity index (χ0v) is 16.9. The van der Waals surface area contributed by atoms with Gasteiger partial charge in [0.2, 0.25) is 5.91 Å². The number of hydrogen-bond donors (Lipinski definition) is 2. The van der Waals surface area contributed by atoms with Gasteiger partial charge < -0.3 is 15.1 Å². The molecule has 0 aromatic rings. The molecule has 1 aliphatic heterocycles. The highest BCUT2D eigenvalue weighted by Crippen LogP contribution is 2.28. The standard InChI is InChI=1S/C21H35F2NO4/c1-2-3-4-8-15-21(22,23)18(25)13-11-17-12-14-19(26)24(17)16-9-6-5-7-10-20(27)28/h11,13,17-18,25H,2-10,12,14-16H2,1H3,(H,27,28). The lowest BCUT2D eigenvalue weighted by molar-refractivity contribution is -0.137. The van der Waals surface area contributed by atoms with Crippen LogP contribution in [0, 0.1) is 0 Å². The van der Waals surface area contributed by atoms with Gasteiger partial charge in [0, 0.05) is 25.8 Å². The summed E-state index contributed by atoms with van der Waals surface area (Å²) in [6.07, 6.45) is 7.63. The smallest absolute Gasteiger partial charge is 0.303 e. The van der Waals surface area contributed by atoms with E-state index in [-0.39, 0.29) is 24.8 Å². The minimum atomic E-state index is -3.15. The van der Waals surface area contributed by atoms with E-state index in [4.69, 9.17) is 5.11 Å². The van der Waals surface area contributed by atoms with Gasteiger partial charge in [0.15, 0.2) is 0 Å². The minimum absolute atomic E-state index is 0.000927. The summed E-state index contributed by atoms with van der Waals surface area (Å²) in [6, 6.07) is -0.253. The number of rotatable bonds is 15. The average Bonchev–Trinajstić information content (AvgIpc) is 2.99. The van der Waals surface area contributed by atoms with Crippen molar-refractivity contribution in [2.75, 3.05) is 6.54 Å². The number of hydrogen-bond acceptors (Lipinski definition) is 3. The number of aliphatic carboxylic acids is 1. The number of nitrogens with zero attached hydrogens (tertiary/aromatic N) is 1. The normalized spacial score (nSPS) is 18.9. The Kier molecular flexibility index (Phi) is 11.3. The van der Waals surface area contributed by atoms with E-state index in [0.29, 0.717) is 32.2 Å². The maximum absolute atomic E-state index is 14.0. The topological polar surface area (TPSA) is 77.8 Å². The summed E-state index contributed by atoms with van der Waals surface area (Å²) in [6.45, 7) is 2.55. The van der Waals surface area contributed by atoms with Crippen LogP contribution >= 0.6 is 0 Å². The summed E-state index contributed by atoms with van der Waals surface area (Å²) in [7, 11) is 0. The van der Waals surface area contributed by atoms with Gasteiger partial charge in [-0.1, -0.05) is 51.2 Å². The van der Waals surface area contributed by atoms with Crippen LogP contribution in [0.5, 0.6) is 0 Å². The molecule has 2 atom stereocenters. The van der Waals surface area contributed by atoms with Gasteiger partial charge in [0.05, 0.1) is 6.04 Å². The molecule has 0 bridgehead atoms. The van der Waals surface area contributed by atoms with Gasteiger partial charge in [-0.25, -0.2) is 8.78 Å². The van der Waals surface area contributed by atoms with Gasteiger partial charge in [-0.2, -0.15) is 0 Å². The lowest BCUT2D eigenvalue weighted by Gasteiger charge is -2.24. The Labute approximate surface area is 166 Å². The fourth-order valence-corrected chi connectivity index (χ4v) is 3.47. The van der Waals surface area contributed by atoms with Crippen LogP contribution in [0.4, 0.5) is 8.78 Å². The highest BCUT2D eigenvalue weighted by molar-refractivity contribution is 5.79.